The molecule has 2 N–H and O–H groups in total. The normalized spacial score (nSPS) is 11.9. The molecule has 3 aromatic rings. The van der Waals surface area contributed by atoms with Gasteiger partial charge < -0.3 is 10.6 Å². The van der Waals surface area contributed by atoms with Gasteiger partial charge in [0.1, 0.15) is 6.04 Å². The molecule has 0 aliphatic carbocycles. The van der Waals surface area contributed by atoms with Crippen LogP contribution in [0.4, 0.5) is 10.5 Å². The van der Waals surface area contributed by atoms with E-state index in [4.69, 9.17) is 0 Å². The highest BCUT2D eigenvalue weighted by Crippen LogP contribution is 2.24. The number of nitrogens with one attached hydrogen (secondary N) is 2. The molecule has 0 spiro atoms. The number of rotatable bonds is 5. The SMILES string of the molecule is Cc1cc(C)n(C(CNC(=O)Nc2ccccc2)c2cccs2)n1. The van der Waals surface area contributed by atoms with Crippen molar-refractivity contribution in [3.05, 3.63) is 70.2 Å². The Morgan fingerprint density at radius 1 is 1.21 bits per heavy atom. The first-order valence-electron chi connectivity index (χ1n) is 7.79. The van der Waals surface area contributed by atoms with Gasteiger partial charge in [0.15, 0.2) is 0 Å². The molecule has 2 aromatic heterocycles. The van der Waals surface area contributed by atoms with Crippen LogP contribution >= 0.6 is 11.3 Å². The number of hydrogen-bond acceptors (Lipinski definition) is 3. The molecule has 1 aromatic carbocycles. The fourth-order valence-electron chi connectivity index (χ4n) is 2.64. The van der Waals surface area contributed by atoms with Gasteiger partial charge in [0.2, 0.25) is 0 Å². The molecule has 0 saturated heterocycles. The van der Waals surface area contributed by atoms with E-state index in [9.17, 15) is 4.79 Å². The van der Waals surface area contributed by atoms with Crippen LogP contribution < -0.4 is 10.6 Å². The van der Waals surface area contributed by atoms with E-state index in [0.29, 0.717) is 6.54 Å². The van der Waals surface area contributed by atoms with E-state index in [-0.39, 0.29) is 12.1 Å². The van der Waals surface area contributed by atoms with Gasteiger partial charge in [0, 0.05) is 22.8 Å². The van der Waals surface area contributed by atoms with Crippen molar-refractivity contribution < 1.29 is 4.79 Å². The van der Waals surface area contributed by atoms with E-state index in [1.54, 1.807) is 11.3 Å². The van der Waals surface area contributed by atoms with Crippen LogP contribution in [0, 0.1) is 13.8 Å². The highest BCUT2D eigenvalue weighted by Gasteiger charge is 2.19. The Kier molecular flexibility index (Phi) is 4.96. The van der Waals surface area contributed by atoms with Gasteiger partial charge in [-0.05, 0) is 43.5 Å². The third-order valence-electron chi connectivity index (χ3n) is 3.70. The molecule has 6 heteroatoms. The fourth-order valence-corrected chi connectivity index (χ4v) is 3.45. The number of carbonyl (C=O) groups excluding carboxylic acids is 1. The summed E-state index contributed by atoms with van der Waals surface area (Å²) in [6.45, 7) is 4.48. The lowest BCUT2D eigenvalue weighted by molar-refractivity contribution is 0.250. The minimum Gasteiger partial charge on any atom is -0.335 e. The van der Waals surface area contributed by atoms with Crippen molar-refractivity contribution in [1.29, 1.82) is 0 Å². The summed E-state index contributed by atoms with van der Waals surface area (Å²) in [6, 6.07) is 15.3. The molecule has 0 fully saturated rings. The number of hydrogen-bond donors (Lipinski definition) is 2. The highest BCUT2D eigenvalue weighted by atomic mass is 32.1. The van der Waals surface area contributed by atoms with E-state index < -0.39 is 0 Å². The number of anilines is 1. The van der Waals surface area contributed by atoms with Gasteiger partial charge in [-0.25, -0.2) is 4.79 Å². The van der Waals surface area contributed by atoms with Crippen molar-refractivity contribution in [2.75, 3.05) is 11.9 Å². The van der Waals surface area contributed by atoms with Crippen molar-refractivity contribution in [1.82, 2.24) is 15.1 Å². The molecule has 124 valence electrons. The summed E-state index contributed by atoms with van der Waals surface area (Å²) in [5.41, 5.74) is 2.83. The van der Waals surface area contributed by atoms with E-state index in [1.165, 1.54) is 4.88 Å². The van der Waals surface area contributed by atoms with E-state index in [1.807, 2.05) is 66.4 Å². The number of aryl methyl sites for hydroxylation is 2. The Labute approximate surface area is 145 Å². The molecule has 24 heavy (non-hydrogen) atoms. The Hall–Kier alpha value is -2.60. The zero-order chi connectivity index (χ0) is 16.9. The summed E-state index contributed by atoms with van der Waals surface area (Å²) >= 11 is 1.67. The van der Waals surface area contributed by atoms with E-state index in [0.717, 1.165) is 17.1 Å². The van der Waals surface area contributed by atoms with Crippen LogP contribution in [0.5, 0.6) is 0 Å². The second kappa shape index (κ2) is 7.31. The Morgan fingerprint density at radius 3 is 2.62 bits per heavy atom. The van der Waals surface area contributed by atoms with Gasteiger partial charge in [-0.3, -0.25) is 4.68 Å². The van der Waals surface area contributed by atoms with E-state index in [2.05, 4.69) is 21.8 Å². The van der Waals surface area contributed by atoms with Crippen LogP contribution in [0.3, 0.4) is 0 Å². The molecule has 0 bridgehead atoms. The quantitative estimate of drug-likeness (QED) is 0.738. The Morgan fingerprint density at radius 2 is 2.00 bits per heavy atom. The number of aromatic nitrogens is 2. The van der Waals surface area contributed by atoms with Gasteiger partial charge >= 0.3 is 6.03 Å². The zero-order valence-electron chi connectivity index (χ0n) is 13.7. The van der Waals surface area contributed by atoms with Gasteiger partial charge in [-0.2, -0.15) is 5.10 Å². The molecule has 5 nitrogen and oxygen atoms in total. The topological polar surface area (TPSA) is 59.0 Å². The lowest BCUT2D eigenvalue weighted by Gasteiger charge is -2.19. The predicted octanol–water partition coefficient (Wildman–Crippen LogP) is 3.97. The highest BCUT2D eigenvalue weighted by molar-refractivity contribution is 7.10. The average Bonchev–Trinajstić information content (AvgIpc) is 3.19. The molecule has 0 radical (unpaired) electrons. The lowest BCUT2D eigenvalue weighted by Crippen LogP contribution is -2.34. The number of nitrogens with zero attached hydrogens (tertiary/aromatic N) is 2. The summed E-state index contributed by atoms with van der Waals surface area (Å²) in [5, 5.41) is 12.4. The van der Waals surface area contributed by atoms with Gasteiger partial charge in [-0.1, -0.05) is 24.3 Å². The number of amides is 2. The lowest BCUT2D eigenvalue weighted by atomic mass is 10.2. The predicted molar refractivity (Wildman–Crippen MR) is 97.6 cm³/mol. The number of thiophene rings is 1. The van der Waals surface area contributed by atoms with Crippen LogP contribution in [-0.4, -0.2) is 22.4 Å². The maximum absolute atomic E-state index is 12.2. The maximum Gasteiger partial charge on any atom is 0.319 e. The first-order valence-corrected chi connectivity index (χ1v) is 8.67. The molecule has 0 aliphatic rings. The second-order valence-corrected chi connectivity index (χ2v) is 6.58. The number of para-hydroxylation sites is 1. The summed E-state index contributed by atoms with van der Waals surface area (Å²) in [6.07, 6.45) is 0. The van der Waals surface area contributed by atoms with Gasteiger partial charge in [0.25, 0.3) is 0 Å². The zero-order valence-corrected chi connectivity index (χ0v) is 14.5. The Bertz CT molecular complexity index is 796. The van der Waals surface area contributed by atoms with Crippen molar-refractivity contribution in [3.63, 3.8) is 0 Å². The molecule has 2 heterocycles. The van der Waals surface area contributed by atoms with Crippen molar-refractivity contribution in [2.24, 2.45) is 0 Å². The molecule has 3 rings (SSSR count). The summed E-state index contributed by atoms with van der Waals surface area (Å²) < 4.78 is 1.98. The van der Waals surface area contributed by atoms with Gasteiger partial charge in [0.05, 0.1) is 5.69 Å². The summed E-state index contributed by atoms with van der Waals surface area (Å²) in [7, 11) is 0. The van der Waals surface area contributed by atoms with E-state index >= 15 is 0 Å². The maximum atomic E-state index is 12.2. The first kappa shape index (κ1) is 16.3. The molecule has 1 unspecified atom stereocenters. The van der Waals surface area contributed by atoms with Crippen molar-refractivity contribution in [2.45, 2.75) is 19.9 Å². The molecular weight excluding hydrogens is 320 g/mol. The number of benzene rings is 1. The van der Waals surface area contributed by atoms with Gasteiger partial charge in [-0.15, -0.1) is 11.3 Å². The van der Waals surface area contributed by atoms with Crippen LogP contribution in [0.1, 0.15) is 22.3 Å². The number of carbonyl (C=O) groups is 1. The third kappa shape index (κ3) is 3.83. The molecule has 2 amide bonds. The first-order chi connectivity index (χ1) is 11.6. The van der Waals surface area contributed by atoms with Crippen LogP contribution in [0.2, 0.25) is 0 Å². The monoisotopic (exact) mass is 340 g/mol. The van der Waals surface area contributed by atoms with Crippen molar-refractivity contribution in [3.8, 4) is 0 Å². The van der Waals surface area contributed by atoms with Crippen molar-refractivity contribution >= 4 is 23.1 Å². The summed E-state index contributed by atoms with van der Waals surface area (Å²) in [5.74, 6) is 0. The molecular formula is C18H20N4OS. The van der Waals surface area contributed by atoms with Crippen LogP contribution in [0.25, 0.3) is 0 Å². The smallest absolute Gasteiger partial charge is 0.319 e. The molecule has 1 atom stereocenters. The Balaban J connectivity index is 1.71. The average molecular weight is 340 g/mol. The second-order valence-electron chi connectivity index (χ2n) is 5.60. The van der Waals surface area contributed by atoms with Crippen LogP contribution in [-0.2, 0) is 0 Å². The minimum absolute atomic E-state index is 0.0137. The standard InChI is InChI=1S/C18H20N4OS/c1-13-11-14(2)22(21-13)16(17-9-6-10-24-17)12-19-18(23)20-15-7-4-3-5-8-15/h3-11,16H,12H2,1-2H3,(H2,19,20,23). The fraction of sp³-hybridized carbons (Fsp3) is 0.222. The molecule has 0 saturated carbocycles. The minimum atomic E-state index is -0.218. The van der Waals surface area contributed by atoms with Crippen LogP contribution in [0.15, 0.2) is 53.9 Å². The number of urea groups is 1. The largest absolute Gasteiger partial charge is 0.335 e. The molecule has 0 aliphatic heterocycles. The summed E-state index contributed by atoms with van der Waals surface area (Å²) in [4.78, 5) is 13.3. The third-order valence-corrected chi connectivity index (χ3v) is 4.67.